The van der Waals surface area contributed by atoms with Gasteiger partial charge in [0.05, 0.1) is 12.7 Å². The molecule has 0 amide bonds. The first-order valence-electron chi connectivity index (χ1n) is 7.16. The molecule has 0 saturated carbocycles. The molecule has 0 atom stereocenters. The first-order chi connectivity index (χ1) is 12.1. The highest BCUT2D eigenvalue weighted by molar-refractivity contribution is 6.30. The van der Waals surface area contributed by atoms with Crippen molar-refractivity contribution in [1.29, 1.82) is 0 Å². The Kier molecular flexibility index (Phi) is 4.95. The molecule has 0 spiro atoms. The minimum atomic E-state index is -0.841. The minimum absolute atomic E-state index is 0.0900. The van der Waals surface area contributed by atoms with Crippen molar-refractivity contribution in [2.45, 2.75) is 6.61 Å². The van der Waals surface area contributed by atoms with Gasteiger partial charge < -0.3 is 14.0 Å². The van der Waals surface area contributed by atoms with Gasteiger partial charge in [0.15, 0.2) is 6.61 Å². The van der Waals surface area contributed by atoms with Crippen molar-refractivity contribution in [1.82, 2.24) is 10.1 Å². The second kappa shape index (κ2) is 7.31. The highest BCUT2D eigenvalue weighted by Crippen LogP contribution is 2.20. The Balaban J connectivity index is 1.66. The number of carbonyl (C=O) groups is 1. The molecule has 3 rings (SSSR count). The average molecular weight is 363 g/mol. The van der Waals surface area contributed by atoms with Crippen LogP contribution in [0, 0.1) is 5.82 Å². The Labute approximate surface area is 147 Å². The van der Waals surface area contributed by atoms with Crippen LogP contribution in [0.3, 0.4) is 0 Å². The third kappa shape index (κ3) is 3.95. The lowest BCUT2D eigenvalue weighted by Crippen LogP contribution is -2.08. The SMILES string of the molecule is COc1ccc(C(=O)OCc2nc(-c3ccc(Cl)cc3)no2)c(F)c1. The van der Waals surface area contributed by atoms with E-state index >= 15 is 0 Å². The first-order valence-corrected chi connectivity index (χ1v) is 7.54. The van der Waals surface area contributed by atoms with E-state index in [0.29, 0.717) is 22.2 Å². The van der Waals surface area contributed by atoms with Crippen LogP contribution in [0.5, 0.6) is 5.75 Å². The van der Waals surface area contributed by atoms with Crippen LogP contribution in [0.25, 0.3) is 11.4 Å². The van der Waals surface area contributed by atoms with Gasteiger partial charge in [0, 0.05) is 16.7 Å². The molecule has 1 heterocycles. The van der Waals surface area contributed by atoms with Gasteiger partial charge in [-0.3, -0.25) is 0 Å². The normalized spacial score (nSPS) is 10.5. The van der Waals surface area contributed by atoms with Crippen molar-refractivity contribution >= 4 is 17.6 Å². The number of esters is 1. The van der Waals surface area contributed by atoms with Crippen LogP contribution in [0.1, 0.15) is 16.2 Å². The molecule has 0 aliphatic rings. The molecule has 128 valence electrons. The predicted octanol–water partition coefficient (Wildman–Crippen LogP) is 3.89. The van der Waals surface area contributed by atoms with E-state index in [2.05, 4.69) is 10.1 Å². The van der Waals surface area contributed by atoms with Gasteiger partial charge in [0.1, 0.15) is 11.6 Å². The van der Waals surface area contributed by atoms with Crippen molar-refractivity contribution < 1.29 is 23.2 Å². The lowest BCUT2D eigenvalue weighted by Gasteiger charge is -2.05. The number of hydrogen-bond acceptors (Lipinski definition) is 6. The summed E-state index contributed by atoms with van der Waals surface area (Å²) < 4.78 is 28.7. The highest BCUT2D eigenvalue weighted by Gasteiger charge is 2.16. The summed E-state index contributed by atoms with van der Waals surface area (Å²) in [6, 6.07) is 10.7. The zero-order valence-electron chi connectivity index (χ0n) is 13.0. The van der Waals surface area contributed by atoms with E-state index in [1.165, 1.54) is 19.2 Å². The number of halogens is 2. The van der Waals surface area contributed by atoms with Gasteiger partial charge in [-0.2, -0.15) is 4.98 Å². The standard InChI is InChI=1S/C17H12ClFN2O4/c1-23-12-6-7-13(14(19)8-12)17(22)24-9-15-20-16(21-25-15)10-2-4-11(18)5-3-10/h2-8H,9H2,1H3. The Hall–Kier alpha value is -2.93. The molecule has 6 nitrogen and oxygen atoms in total. The third-order valence-electron chi connectivity index (χ3n) is 3.29. The van der Waals surface area contributed by atoms with Crippen LogP contribution in [-0.4, -0.2) is 23.2 Å². The Morgan fingerprint density at radius 2 is 2.00 bits per heavy atom. The van der Waals surface area contributed by atoms with Crippen molar-refractivity contribution in [2.24, 2.45) is 0 Å². The van der Waals surface area contributed by atoms with Crippen LogP contribution in [0.4, 0.5) is 4.39 Å². The van der Waals surface area contributed by atoms with Gasteiger partial charge >= 0.3 is 5.97 Å². The number of rotatable bonds is 5. The van der Waals surface area contributed by atoms with E-state index < -0.39 is 11.8 Å². The van der Waals surface area contributed by atoms with Gasteiger partial charge in [-0.15, -0.1) is 0 Å². The Morgan fingerprint density at radius 3 is 2.68 bits per heavy atom. The highest BCUT2D eigenvalue weighted by atomic mass is 35.5. The Bertz CT molecular complexity index is 896. The second-order valence-corrected chi connectivity index (χ2v) is 5.38. The first kappa shape index (κ1) is 16.9. The van der Waals surface area contributed by atoms with Gasteiger partial charge in [0.2, 0.25) is 5.82 Å². The van der Waals surface area contributed by atoms with Crippen molar-refractivity contribution in [2.75, 3.05) is 7.11 Å². The van der Waals surface area contributed by atoms with E-state index in [1.54, 1.807) is 24.3 Å². The van der Waals surface area contributed by atoms with Crippen LogP contribution < -0.4 is 4.74 Å². The molecular formula is C17H12ClFN2O4. The zero-order chi connectivity index (χ0) is 17.8. The summed E-state index contributed by atoms with van der Waals surface area (Å²) >= 11 is 5.82. The summed E-state index contributed by atoms with van der Waals surface area (Å²) in [6.07, 6.45) is 0. The second-order valence-electron chi connectivity index (χ2n) is 4.94. The van der Waals surface area contributed by atoms with Gasteiger partial charge in [-0.25, -0.2) is 9.18 Å². The molecule has 0 saturated heterocycles. The molecule has 1 aromatic heterocycles. The van der Waals surface area contributed by atoms with E-state index in [9.17, 15) is 9.18 Å². The van der Waals surface area contributed by atoms with Crippen LogP contribution in [0.2, 0.25) is 5.02 Å². The summed E-state index contributed by atoms with van der Waals surface area (Å²) in [6.45, 7) is -0.273. The third-order valence-corrected chi connectivity index (χ3v) is 3.55. The fraction of sp³-hybridized carbons (Fsp3) is 0.118. The molecule has 8 heteroatoms. The van der Waals surface area contributed by atoms with Crippen LogP contribution >= 0.6 is 11.6 Å². The largest absolute Gasteiger partial charge is 0.497 e. The maximum atomic E-state index is 13.8. The van der Waals surface area contributed by atoms with Crippen molar-refractivity contribution in [3.05, 3.63) is 64.8 Å². The number of benzene rings is 2. The molecule has 0 N–H and O–H groups in total. The maximum Gasteiger partial charge on any atom is 0.341 e. The number of aromatic nitrogens is 2. The number of methoxy groups -OCH3 is 1. The predicted molar refractivity (Wildman–Crippen MR) is 86.8 cm³/mol. The lowest BCUT2D eigenvalue weighted by molar-refractivity contribution is 0.0424. The van der Waals surface area contributed by atoms with Crippen LogP contribution in [-0.2, 0) is 11.3 Å². The molecule has 2 aromatic carbocycles. The summed E-state index contributed by atoms with van der Waals surface area (Å²) in [5.41, 5.74) is 0.491. The molecule has 0 unspecified atom stereocenters. The fourth-order valence-electron chi connectivity index (χ4n) is 2.02. The van der Waals surface area contributed by atoms with Gasteiger partial charge in [-0.05, 0) is 36.4 Å². The van der Waals surface area contributed by atoms with Crippen LogP contribution in [0.15, 0.2) is 47.0 Å². The molecule has 25 heavy (non-hydrogen) atoms. The topological polar surface area (TPSA) is 74.5 Å². The molecule has 3 aromatic rings. The molecule has 0 aliphatic heterocycles. The average Bonchev–Trinajstić information content (AvgIpc) is 3.09. The minimum Gasteiger partial charge on any atom is -0.497 e. The summed E-state index contributed by atoms with van der Waals surface area (Å²) in [5, 5.41) is 4.38. The monoisotopic (exact) mass is 362 g/mol. The van der Waals surface area contributed by atoms with E-state index in [0.717, 1.165) is 6.07 Å². The Morgan fingerprint density at radius 1 is 1.24 bits per heavy atom. The zero-order valence-corrected chi connectivity index (χ0v) is 13.8. The maximum absolute atomic E-state index is 13.8. The fourth-order valence-corrected chi connectivity index (χ4v) is 2.15. The van der Waals surface area contributed by atoms with E-state index in [1.807, 2.05) is 0 Å². The summed E-state index contributed by atoms with van der Waals surface area (Å²) in [7, 11) is 1.40. The lowest BCUT2D eigenvalue weighted by atomic mass is 10.2. The smallest absolute Gasteiger partial charge is 0.341 e. The molecule has 0 fully saturated rings. The van der Waals surface area contributed by atoms with Crippen molar-refractivity contribution in [3.63, 3.8) is 0 Å². The number of carbonyl (C=O) groups excluding carboxylic acids is 1. The van der Waals surface area contributed by atoms with Gasteiger partial charge in [-0.1, -0.05) is 16.8 Å². The van der Waals surface area contributed by atoms with E-state index in [4.69, 9.17) is 25.6 Å². The molecule has 0 aliphatic carbocycles. The molecule has 0 radical (unpaired) electrons. The quantitative estimate of drug-likeness (QED) is 0.641. The number of ether oxygens (including phenoxy) is 2. The summed E-state index contributed by atoms with van der Waals surface area (Å²) in [5.74, 6) is -0.854. The number of nitrogens with zero attached hydrogens (tertiary/aromatic N) is 2. The van der Waals surface area contributed by atoms with Gasteiger partial charge in [0.25, 0.3) is 5.89 Å². The van der Waals surface area contributed by atoms with E-state index in [-0.39, 0.29) is 18.1 Å². The molecule has 0 bridgehead atoms. The summed E-state index contributed by atoms with van der Waals surface area (Å²) in [4.78, 5) is 16.1. The molecular weight excluding hydrogens is 351 g/mol. The van der Waals surface area contributed by atoms with Crippen molar-refractivity contribution in [3.8, 4) is 17.1 Å². The number of hydrogen-bond donors (Lipinski definition) is 0.